The molecule has 21 heavy (non-hydrogen) atoms. The van der Waals surface area contributed by atoms with Crippen molar-refractivity contribution in [2.75, 3.05) is 19.5 Å². The van der Waals surface area contributed by atoms with Crippen molar-refractivity contribution >= 4 is 39.9 Å². The fourth-order valence-corrected chi connectivity index (χ4v) is 3.05. The summed E-state index contributed by atoms with van der Waals surface area (Å²) in [5.74, 6) is 1.50. The maximum absolute atomic E-state index is 6.13. The molecule has 0 bridgehead atoms. The van der Waals surface area contributed by atoms with E-state index >= 15 is 0 Å². The van der Waals surface area contributed by atoms with Crippen molar-refractivity contribution in [3.05, 3.63) is 50.1 Å². The highest BCUT2D eigenvalue weighted by Gasteiger charge is 2.10. The van der Waals surface area contributed by atoms with Crippen LogP contribution in [0.4, 0.5) is 5.69 Å². The number of halogens is 2. The van der Waals surface area contributed by atoms with Gasteiger partial charge in [-0.15, -0.1) is 0 Å². The van der Waals surface area contributed by atoms with Gasteiger partial charge >= 0.3 is 0 Å². The molecule has 2 aromatic rings. The number of benzene rings is 2. The van der Waals surface area contributed by atoms with Gasteiger partial charge in [0.05, 0.1) is 17.8 Å². The van der Waals surface area contributed by atoms with Crippen LogP contribution in [0, 0.1) is 10.5 Å². The van der Waals surface area contributed by atoms with E-state index in [1.165, 1.54) is 0 Å². The zero-order valence-corrected chi connectivity index (χ0v) is 15.1. The standard InChI is InChI=1S/C16H17ClINO2/c1-10-4-5-12(8-13(10)17)19-9-11-6-14(18)16(21-3)15(7-11)20-2/h4-8,19H,9H2,1-3H3. The van der Waals surface area contributed by atoms with E-state index in [0.717, 1.165) is 36.9 Å². The number of nitrogens with one attached hydrogen (secondary N) is 1. The average molecular weight is 418 g/mol. The second kappa shape index (κ2) is 7.22. The van der Waals surface area contributed by atoms with Gasteiger partial charge in [-0.2, -0.15) is 0 Å². The van der Waals surface area contributed by atoms with Crippen molar-refractivity contribution in [3.63, 3.8) is 0 Å². The molecule has 1 N–H and O–H groups in total. The van der Waals surface area contributed by atoms with Gasteiger partial charge in [0.25, 0.3) is 0 Å². The van der Waals surface area contributed by atoms with Gasteiger partial charge in [0.15, 0.2) is 11.5 Å². The maximum Gasteiger partial charge on any atom is 0.174 e. The molecule has 0 saturated carbocycles. The first-order valence-corrected chi connectivity index (χ1v) is 7.91. The molecule has 0 aromatic heterocycles. The van der Waals surface area contributed by atoms with Crippen LogP contribution in [0.15, 0.2) is 30.3 Å². The molecular formula is C16H17ClINO2. The molecule has 2 aromatic carbocycles. The molecule has 0 amide bonds. The summed E-state index contributed by atoms with van der Waals surface area (Å²) in [5.41, 5.74) is 3.19. The van der Waals surface area contributed by atoms with Crippen molar-refractivity contribution in [2.24, 2.45) is 0 Å². The molecule has 0 radical (unpaired) electrons. The van der Waals surface area contributed by atoms with Crippen LogP contribution in [-0.4, -0.2) is 14.2 Å². The lowest BCUT2D eigenvalue weighted by molar-refractivity contribution is 0.352. The smallest absolute Gasteiger partial charge is 0.174 e. The van der Waals surface area contributed by atoms with Gasteiger partial charge in [0, 0.05) is 17.3 Å². The Kier molecular flexibility index (Phi) is 5.58. The van der Waals surface area contributed by atoms with Crippen molar-refractivity contribution in [3.8, 4) is 11.5 Å². The van der Waals surface area contributed by atoms with E-state index in [2.05, 4.69) is 34.0 Å². The van der Waals surface area contributed by atoms with Gasteiger partial charge in [0.2, 0.25) is 0 Å². The number of rotatable bonds is 5. The number of hydrogen-bond acceptors (Lipinski definition) is 3. The average Bonchev–Trinajstić information content (AvgIpc) is 2.47. The molecule has 0 unspecified atom stereocenters. The molecule has 0 aliphatic carbocycles. The molecule has 0 heterocycles. The summed E-state index contributed by atoms with van der Waals surface area (Å²) < 4.78 is 11.7. The largest absolute Gasteiger partial charge is 0.493 e. The fraction of sp³-hybridized carbons (Fsp3) is 0.250. The second-order valence-electron chi connectivity index (χ2n) is 4.63. The zero-order valence-electron chi connectivity index (χ0n) is 12.2. The Hall–Kier alpha value is -1.14. The summed E-state index contributed by atoms with van der Waals surface area (Å²) in [6.07, 6.45) is 0. The van der Waals surface area contributed by atoms with E-state index in [0.29, 0.717) is 6.54 Å². The Balaban J connectivity index is 2.16. The minimum Gasteiger partial charge on any atom is -0.493 e. The lowest BCUT2D eigenvalue weighted by Crippen LogP contribution is -2.02. The number of aryl methyl sites for hydroxylation is 1. The molecule has 5 heteroatoms. The summed E-state index contributed by atoms with van der Waals surface area (Å²) in [6.45, 7) is 2.68. The van der Waals surface area contributed by atoms with E-state index in [-0.39, 0.29) is 0 Å². The van der Waals surface area contributed by atoms with Crippen molar-refractivity contribution < 1.29 is 9.47 Å². The van der Waals surface area contributed by atoms with Crippen LogP contribution in [0.3, 0.4) is 0 Å². The predicted octanol–water partition coefficient (Wildman–Crippen LogP) is 4.88. The van der Waals surface area contributed by atoms with E-state index < -0.39 is 0 Å². The fourth-order valence-electron chi connectivity index (χ4n) is 1.98. The van der Waals surface area contributed by atoms with Crippen molar-refractivity contribution in [2.45, 2.75) is 13.5 Å². The summed E-state index contributed by atoms with van der Waals surface area (Å²) in [7, 11) is 3.29. The van der Waals surface area contributed by atoms with Crippen LogP contribution in [0.1, 0.15) is 11.1 Å². The molecule has 0 atom stereocenters. The number of methoxy groups -OCH3 is 2. The summed E-state index contributed by atoms with van der Waals surface area (Å²) in [5, 5.41) is 4.13. The van der Waals surface area contributed by atoms with Gasteiger partial charge < -0.3 is 14.8 Å². The Bertz CT molecular complexity index is 646. The Morgan fingerprint density at radius 1 is 1.14 bits per heavy atom. The first-order valence-electron chi connectivity index (χ1n) is 6.45. The Morgan fingerprint density at radius 2 is 1.90 bits per heavy atom. The van der Waals surface area contributed by atoms with E-state index in [9.17, 15) is 0 Å². The minimum atomic E-state index is 0.690. The monoisotopic (exact) mass is 417 g/mol. The second-order valence-corrected chi connectivity index (χ2v) is 6.20. The van der Waals surface area contributed by atoms with Crippen molar-refractivity contribution in [1.82, 2.24) is 0 Å². The normalized spacial score (nSPS) is 10.3. The maximum atomic E-state index is 6.13. The third-order valence-electron chi connectivity index (χ3n) is 3.16. The van der Waals surface area contributed by atoms with Gasteiger partial charge in [0.1, 0.15) is 0 Å². The van der Waals surface area contributed by atoms with Gasteiger partial charge in [-0.05, 0) is 64.9 Å². The van der Waals surface area contributed by atoms with Crippen molar-refractivity contribution in [1.29, 1.82) is 0 Å². The van der Waals surface area contributed by atoms with Crippen LogP contribution < -0.4 is 14.8 Å². The van der Waals surface area contributed by atoms with Crippen LogP contribution in [0.5, 0.6) is 11.5 Å². The molecule has 3 nitrogen and oxygen atoms in total. The third-order valence-corrected chi connectivity index (χ3v) is 4.37. The third kappa shape index (κ3) is 3.95. The van der Waals surface area contributed by atoms with Crippen LogP contribution in [0.25, 0.3) is 0 Å². The highest BCUT2D eigenvalue weighted by molar-refractivity contribution is 14.1. The van der Waals surface area contributed by atoms with E-state index in [4.69, 9.17) is 21.1 Å². The predicted molar refractivity (Wildman–Crippen MR) is 95.8 cm³/mol. The number of anilines is 1. The molecule has 112 valence electrons. The Labute approximate surface area is 143 Å². The minimum absolute atomic E-state index is 0.690. The van der Waals surface area contributed by atoms with E-state index in [1.54, 1.807) is 14.2 Å². The number of hydrogen-bond donors (Lipinski definition) is 1. The lowest BCUT2D eigenvalue weighted by atomic mass is 10.2. The molecule has 0 saturated heterocycles. The first-order chi connectivity index (χ1) is 10.0. The quantitative estimate of drug-likeness (QED) is 0.703. The summed E-state index contributed by atoms with van der Waals surface area (Å²) in [6, 6.07) is 10.0. The molecule has 0 spiro atoms. The lowest BCUT2D eigenvalue weighted by Gasteiger charge is -2.13. The topological polar surface area (TPSA) is 30.5 Å². The van der Waals surface area contributed by atoms with Gasteiger partial charge in [-0.1, -0.05) is 17.7 Å². The number of ether oxygens (including phenoxy) is 2. The van der Waals surface area contributed by atoms with Crippen LogP contribution in [-0.2, 0) is 6.54 Å². The molecule has 0 aliphatic rings. The summed E-state index contributed by atoms with van der Waals surface area (Å²) in [4.78, 5) is 0. The molecule has 0 aliphatic heterocycles. The van der Waals surface area contributed by atoms with Gasteiger partial charge in [-0.3, -0.25) is 0 Å². The summed E-state index contributed by atoms with van der Waals surface area (Å²) >= 11 is 8.38. The van der Waals surface area contributed by atoms with Crippen LogP contribution in [0.2, 0.25) is 5.02 Å². The molecule has 2 rings (SSSR count). The van der Waals surface area contributed by atoms with Gasteiger partial charge in [-0.25, -0.2) is 0 Å². The van der Waals surface area contributed by atoms with E-state index in [1.807, 2.05) is 31.2 Å². The Morgan fingerprint density at radius 3 is 2.52 bits per heavy atom. The zero-order chi connectivity index (χ0) is 15.4. The highest BCUT2D eigenvalue weighted by atomic mass is 127. The first kappa shape index (κ1) is 16.2. The van der Waals surface area contributed by atoms with Crippen LogP contribution >= 0.6 is 34.2 Å². The molecule has 0 fully saturated rings. The highest BCUT2D eigenvalue weighted by Crippen LogP contribution is 2.33. The SMILES string of the molecule is COc1cc(CNc2ccc(C)c(Cl)c2)cc(I)c1OC. The molecular weight excluding hydrogens is 401 g/mol.